The van der Waals surface area contributed by atoms with Gasteiger partial charge in [-0.25, -0.2) is 0 Å². The van der Waals surface area contributed by atoms with Crippen LogP contribution in [0.25, 0.3) is 11.4 Å². The molecule has 122 valence electrons. The molecule has 6 nitrogen and oxygen atoms in total. The highest BCUT2D eigenvalue weighted by Crippen LogP contribution is 2.15. The summed E-state index contributed by atoms with van der Waals surface area (Å²) in [4.78, 5) is 20.2. The second-order valence-electron chi connectivity index (χ2n) is 5.52. The van der Waals surface area contributed by atoms with Crippen molar-refractivity contribution in [1.29, 1.82) is 0 Å². The van der Waals surface area contributed by atoms with Gasteiger partial charge in [0, 0.05) is 36.5 Å². The molecule has 0 aliphatic rings. The van der Waals surface area contributed by atoms with Crippen molar-refractivity contribution < 1.29 is 9.32 Å². The number of nitrogens with one attached hydrogen (secondary N) is 1. The predicted octanol–water partition coefficient (Wildman–Crippen LogP) is 3.40. The molecule has 0 unspecified atom stereocenters. The van der Waals surface area contributed by atoms with Crippen molar-refractivity contribution in [2.24, 2.45) is 0 Å². The molecule has 0 aliphatic carbocycles. The summed E-state index contributed by atoms with van der Waals surface area (Å²) in [6.07, 6.45) is 4.98. The third-order valence-electron chi connectivity index (χ3n) is 3.50. The summed E-state index contributed by atoms with van der Waals surface area (Å²) in [5.74, 6) is 1.05. The van der Waals surface area contributed by atoms with Gasteiger partial charge < -0.3 is 9.84 Å². The topological polar surface area (TPSA) is 80.9 Å². The second kappa shape index (κ2) is 7.50. The molecule has 0 saturated heterocycles. The van der Waals surface area contributed by atoms with Gasteiger partial charge in [0.05, 0.1) is 0 Å². The fraction of sp³-hybridized carbons (Fsp3) is 0.222. The summed E-state index contributed by atoms with van der Waals surface area (Å²) in [6.45, 7) is 1.99. The van der Waals surface area contributed by atoms with Crippen LogP contribution in [0.1, 0.15) is 24.3 Å². The number of aromatic nitrogens is 3. The molecule has 0 radical (unpaired) electrons. The Balaban J connectivity index is 1.48. The van der Waals surface area contributed by atoms with Crippen molar-refractivity contribution in [3.05, 3.63) is 60.2 Å². The molecule has 1 aromatic carbocycles. The molecule has 0 fully saturated rings. The first-order chi connectivity index (χ1) is 11.7. The van der Waals surface area contributed by atoms with E-state index in [-0.39, 0.29) is 5.91 Å². The molecule has 2 aromatic heterocycles. The Morgan fingerprint density at radius 2 is 2.04 bits per heavy atom. The smallest absolute Gasteiger partial charge is 0.226 e. The van der Waals surface area contributed by atoms with Gasteiger partial charge in [-0.1, -0.05) is 17.3 Å². The first-order valence-corrected chi connectivity index (χ1v) is 7.80. The minimum atomic E-state index is -0.0190. The third kappa shape index (κ3) is 4.25. The van der Waals surface area contributed by atoms with E-state index in [0.717, 1.165) is 16.8 Å². The monoisotopic (exact) mass is 322 g/mol. The van der Waals surface area contributed by atoms with Crippen molar-refractivity contribution in [3.8, 4) is 11.4 Å². The van der Waals surface area contributed by atoms with Gasteiger partial charge in [0.2, 0.25) is 17.6 Å². The normalized spacial score (nSPS) is 10.5. The summed E-state index contributed by atoms with van der Waals surface area (Å²) in [6, 6.07) is 11.4. The van der Waals surface area contributed by atoms with Gasteiger partial charge in [0.1, 0.15) is 0 Å². The average Bonchev–Trinajstić information content (AvgIpc) is 3.04. The van der Waals surface area contributed by atoms with Crippen molar-refractivity contribution in [2.75, 3.05) is 5.32 Å². The first kappa shape index (κ1) is 15.9. The van der Waals surface area contributed by atoms with Crippen LogP contribution in [0.3, 0.4) is 0 Å². The van der Waals surface area contributed by atoms with E-state index in [2.05, 4.69) is 20.4 Å². The number of carbonyl (C=O) groups excluding carboxylic acids is 1. The molecule has 24 heavy (non-hydrogen) atoms. The third-order valence-corrected chi connectivity index (χ3v) is 3.50. The van der Waals surface area contributed by atoms with Crippen molar-refractivity contribution in [2.45, 2.75) is 26.2 Å². The molecular weight excluding hydrogens is 304 g/mol. The lowest BCUT2D eigenvalue weighted by atomic mass is 10.2. The maximum Gasteiger partial charge on any atom is 0.226 e. The molecule has 3 aromatic rings. The molecular formula is C18H18N4O2. The van der Waals surface area contributed by atoms with Crippen LogP contribution in [0.15, 0.2) is 53.3 Å². The zero-order chi connectivity index (χ0) is 16.8. The van der Waals surface area contributed by atoms with Gasteiger partial charge in [0.15, 0.2) is 0 Å². The van der Waals surface area contributed by atoms with Gasteiger partial charge >= 0.3 is 0 Å². The number of pyridine rings is 1. The molecule has 0 atom stereocenters. The Morgan fingerprint density at radius 3 is 2.83 bits per heavy atom. The molecule has 6 heteroatoms. The van der Waals surface area contributed by atoms with Gasteiger partial charge in [-0.05, 0) is 43.2 Å². The average molecular weight is 322 g/mol. The Bertz CT molecular complexity index is 815. The van der Waals surface area contributed by atoms with Crippen LogP contribution in [-0.4, -0.2) is 21.0 Å². The number of hydrogen-bond acceptors (Lipinski definition) is 5. The first-order valence-electron chi connectivity index (χ1n) is 7.80. The Kier molecular flexibility index (Phi) is 4.96. The zero-order valence-electron chi connectivity index (χ0n) is 13.4. The van der Waals surface area contributed by atoms with E-state index in [1.165, 1.54) is 0 Å². The molecule has 1 amide bonds. The second-order valence-corrected chi connectivity index (χ2v) is 5.52. The zero-order valence-corrected chi connectivity index (χ0v) is 13.4. The van der Waals surface area contributed by atoms with Crippen molar-refractivity contribution >= 4 is 11.6 Å². The number of hydrogen-bond donors (Lipinski definition) is 1. The molecule has 0 spiro atoms. The van der Waals surface area contributed by atoms with Crippen LogP contribution in [-0.2, 0) is 11.2 Å². The van der Waals surface area contributed by atoms with Crippen LogP contribution in [0.4, 0.5) is 5.69 Å². The number of carbonyl (C=O) groups is 1. The largest absolute Gasteiger partial charge is 0.339 e. The maximum atomic E-state index is 12.0. The van der Waals surface area contributed by atoms with Crippen molar-refractivity contribution in [3.63, 3.8) is 0 Å². The fourth-order valence-corrected chi connectivity index (χ4v) is 2.32. The maximum absolute atomic E-state index is 12.0. The quantitative estimate of drug-likeness (QED) is 0.752. The minimum Gasteiger partial charge on any atom is -0.339 e. The summed E-state index contributed by atoms with van der Waals surface area (Å²) in [7, 11) is 0. The van der Waals surface area contributed by atoms with Crippen LogP contribution < -0.4 is 5.32 Å². The number of amides is 1. The molecule has 0 bridgehead atoms. The van der Waals surface area contributed by atoms with Gasteiger partial charge in [-0.15, -0.1) is 0 Å². The van der Waals surface area contributed by atoms with E-state index >= 15 is 0 Å². The number of rotatable bonds is 6. The summed E-state index contributed by atoms with van der Waals surface area (Å²) >= 11 is 0. The van der Waals surface area contributed by atoms with Gasteiger partial charge in [0.25, 0.3) is 0 Å². The summed E-state index contributed by atoms with van der Waals surface area (Å²) in [5.41, 5.74) is 2.79. The fourth-order valence-electron chi connectivity index (χ4n) is 2.32. The standard InChI is InChI=1S/C18H18N4O2/c1-13-4-2-5-15(12-13)20-16(23)6-3-7-17-21-18(22-24-17)14-8-10-19-11-9-14/h2,4-5,8-12H,3,6-7H2,1H3,(H,20,23). The number of nitrogens with zero attached hydrogens (tertiary/aromatic N) is 3. The van der Waals surface area contributed by atoms with E-state index in [0.29, 0.717) is 31.0 Å². The Labute approximate surface area is 139 Å². The lowest BCUT2D eigenvalue weighted by molar-refractivity contribution is -0.116. The minimum absolute atomic E-state index is 0.0190. The lowest BCUT2D eigenvalue weighted by Crippen LogP contribution is -2.11. The van der Waals surface area contributed by atoms with Crippen LogP contribution >= 0.6 is 0 Å². The van der Waals surface area contributed by atoms with Crippen LogP contribution in [0.5, 0.6) is 0 Å². The van der Waals surface area contributed by atoms with Gasteiger partial charge in [-0.2, -0.15) is 4.98 Å². The van der Waals surface area contributed by atoms with E-state index in [9.17, 15) is 4.79 Å². The highest BCUT2D eigenvalue weighted by atomic mass is 16.5. The SMILES string of the molecule is Cc1cccc(NC(=O)CCCc2nc(-c3ccncc3)no2)c1. The predicted molar refractivity (Wildman–Crippen MR) is 90.3 cm³/mol. The van der Waals surface area contributed by atoms with Crippen LogP contribution in [0.2, 0.25) is 0 Å². The molecule has 0 saturated carbocycles. The Morgan fingerprint density at radius 1 is 1.21 bits per heavy atom. The van der Waals surface area contributed by atoms with E-state index < -0.39 is 0 Å². The number of anilines is 1. The number of benzene rings is 1. The highest BCUT2D eigenvalue weighted by Gasteiger charge is 2.09. The highest BCUT2D eigenvalue weighted by molar-refractivity contribution is 5.90. The summed E-state index contributed by atoms with van der Waals surface area (Å²) < 4.78 is 5.22. The van der Waals surface area contributed by atoms with E-state index in [4.69, 9.17) is 4.52 Å². The lowest BCUT2D eigenvalue weighted by Gasteiger charge is -2.05. The molecule has 3 rings (SSSR count). The molecule has 2 heterocycles. The van der Waals surface area contributed by atoms with Crippen LogP contribution in [0, 0.1) is 6.92 Å². The van der Waals surface area contributed by atoms with E-state index in [1.54, 1.807) is 12.4 Å². The molecule has 1 N–H and O–H groups in total. The van der Waals surface area contributed by atoms with E-state index in [1.807, 2.05) is 43.3 Å². The number of aryl methyl sites for hydroxylation is 2. The summed E-state index contributed by atoms with van der Waals surface area (Å²) in [5, 5.41) is 6.83. The van der Waals surface area contributed by atoms with Crippen molar-refractivity contribution in [1.82, 2.24) is 15.1 Å². The molecule has 0 aliphatic heterocycles. The van der Waals surface area contributed by atoms with Gasteiger partial charge in [-0.3, -0.25) is 9.78 Å². The Hall–Kier alpha value is -3.02.